The van der Waals surface area contributed by atoms with Crippen molar-refractivity contribution >= 4 is 29.0 Å². The minimum absolute atomic E-state index is 0.0330. The molecule has 1 aromatic carbocycles. The van der Waals surface area contributed by atoms with Crippen LogP contribution in [0.5, 0.6) is 6.01 Å². The van der Waals surface area contributed by atoms with Crippen molar-refractivity contribution in [3.8, 4) is 6.01 Å². The van der Waals surface area contributed by atoms with E-state index in [-0.39, 0.29) is 49.4 Å². The number of amides is 1. The van der Waals surface area contributed by atoms with Gasteiger partial charge in [0.2, 0.25) is 6.43 Å². The highest BCUT2D eigenvalue weighted by molar-refractivity contribution is 6.34. The van der Waals surface area contributed by atoms with Crippen LogP contribution in [0.1, 0.15) is 51.1 Å². The molecule has 0 radical (unpaired) electrons. The Labute approximate surface area is 251 Å². The summed E-state index contributed by atoms with van der Waals surface area (Å²) in [5.74, 6) is -2.26. The fourth-order valence-corrected chi connectivity index (χ4v) is 6.00. The fourth-order valence-electron chi connectivity index (χ4n) is 5.73. The SMILES string of the molecule is COc1nc2c(c(N3CCCn4nc(C(=O)N5CC(C(F)F)C5)c(Cl)c4C3)n1)COC(c1c(C(F)(F)F)ccc(N)c1F)C2. The molecule has 2 N–H and O–H groups in total. The zero-order chi connectivity index (χ0) is 31.5. The average Bonchev–Trinajstić information content (AvgIpc) is 3.11. The smallest absolute Gasteiger partial charge is 0.416 e. The number of carbonyl (C=O) groups excluding carboxylic acids is 1. The third-order valence-corrected chi connectivity index (χ3v) is 8.46. The van der Waals surface area contributed by atoms with E-state index in [1.807, 2.05) is 4.90 Å². The van der Waals surface area contributed by atoms with Crippen LogP contribution in [-0.4, -0.2) is 63.7 Å². The van der Waals surface area contributed by atoms with E-state index in [1.165, 1.54) is 12.0 Å². The highest BCUT2D eigenvalue weighted by Crippen LogP contribution is 2.43. The average molecular weight is 646 g/mol. The van der Waals surface area contributed by atoms with Crippen LogP contribution in [0.15, 0.2) is 12.1 Å². The number of likely N-dealkylation sites (tertiary alicyclic amines) is 1. The summed E-state index contributed by atoms with van der Waals surface area (Å²) in [6.45, 7) is 0.576. The Morgan fingerprint density at radius 2 is 1.95 bits per heavy atom. The quantitative estimate of drug-likeness (QED) is 0.316. The summed E-state index contributed by atoms with van der Waals surface area (Å²) in [5, 5.41) is 4.47. The summed E-state index contributed by atoms with van der Waals surface area (Å²) >= 11 is 6.63. The number of alkyl halides is 5. The van der Waals surface area contributed by atoms with E-state index in [9.17, 15) is 26.7 Å². The van der Waals surface area contributed by atoms with Gasteiger partial charge in [0.15, 0.2) is 11.5 Å². The molecule has 0 aliphatic carbocycles. The molecule has 5 heterocycles. The van der Waals surface area contributed by atoms with Gasteiger partial charge in [-0.05, 0) is 18.6 Å². The molecule has 1 amide bonds. The lowest BCUT2D eigenvalue weighted by atomic mass is 9.94. The number of nitrogens with two attached hydrogens (primary N) is 1. The summed E-state index contributed by atoms with van der Waals surface area (Å²) in [7, 11) is 1.34. The maximum absolute atomic E-state index is 15.0. The molecule has 1 unspecified atom stereocenters. The van der Waals surface area contributed by atoms with Gasteiger partial charge in [0, 0.05) is 43.7 Å². The lowest BCUT2D eigenvalue weighted by Gasteiger charge is -2.38. The molecule has 0 bridgehead atoms. The number of rotatable bonds is 5. The van der Waals surface area contributed by atoms with E-state index in [0.717, 1.165) is 12.1 Å². The van der Waals surface area contributed by atoms with Crippen LogP contribution in [0.3, 0.4) is 0 Å². The second kappa shape index (κ2) is 11.3. The minimum Gasteiger partial charge on any atom is -0.467 e. The second-order valence-corrected chi connectivity index (χ2v) is 11.2. The lowest BCUT2D eigenvalue weighted by molar-refractivity contribution is -0.140. The Kier molecular flexibility index (Phi) is 7.76. The number of methoxy groups -OCH3 is 1. The van der Waals surface area contributed by atoms with E-state index >= 15 is 4.39 Å². The van der Waals surface area contributed by atoms with Crippen molar-refractivity contribution in [1.29, 1.82) is 0 Å². The summed E-state index contributed by atoms with van der Waals surface area (Å²) in [4.78, 5) is 24.9. The van der Waals surface area contributed by atoms with Crippen molar-refractivity contribution in [2.24, 2.45) is 5.92 Å². The van der Waals surface area contributed by atoms with Crippen molar-refractivity contribution in [3.63, 3.8) is 0 Å². The number of nitrogens with zero attached hydrogens (tertiary/aromatic N) is 6. The maximum Gasteiger partial charge on any atom is 0.416 e. The Balaban J connectivity index is 1.31. The highest BCUT2D eigenvalue weighted by atomic mass is 35.5. The fraction of sp³-hybridized carbons (Fsp3) is 0.481. The molecular formula is C27H26ClF6N7O3. The third kappa shape index (κ3) is 5.27. The number of halogens is 7. The van der Waals surface area contributed by atoms with Crippen LogP contribution in [-0.2, 0) is 37.0 Å². The normalized spacial score (nSPS) is 19.0. The maximum atomic E-state index is 15.0. The number of benzene rings is 1. The van der Waals surface area contributed by atoms with Gasteiger partial charge in [0.1, 0.15) is 5.82 Å². The molecule has 236 valence electrons. The molecule has 44 heavy (non-hydrogen) atoms. The predicted octanol–water partition coefficient (Wildman–Crippen LogP) is 4.64. The molecule has 3 aliphatic rings. The van der Waals surface area contributed by atoms with Crippen molar-refractivity contribution < 1.29 is 40.6 Å². The first-order valence-corrected chi connectivity index (χ1v) is 14.0. The van der Waals surface area contributed by atoms with Gasteiger partial charge < -0.3 is 25.0 Å². The zero-order valence-corrected chi connectivity index (χ0v) is 23.9. The summed E-state index contributed by atoms with van der Waals surface area (Å²) < 4.78 is 95.0. The Morgan fingerprint density at radius 3 is 2.64 bits per heavy atom. The van der Waals surface area contributed by atoms with E-state index < -0.39 is 53.2 Å². The van der Waals surface area contributed by atoms with Gasteiger partial charge in [0.05, 0.1) is 59.9 Å². The monoisotopic (exact) mass is 645 g/mol. The van der Waals surface area contributed by atoms with E-state index in [0.29, 0.717) is 42.3 Å². The standard InChI is InChI=1S/C27H26ClF6N7O3/c1-43-26-36-16-7-18(19-14(27(32,33)34)3-4-15(35)21(19)29)44-11-13(16)24(37-26)39-5-2-6-41-17(10-39)20(28)22(38-41)25(42)40-8-12(9-40)23(30)31/h3-4,12,18,23H,2,5-11,35H2,1H3. The van der Waals surface area contributed by atoms with Crippen LogP contribution in [0.25, 0.3) is 0 Å². The van der Waals surface area contributed by atoms with Gasteiger partial charge in [-0.3, -0.25) is 9.48 Å². The molecule has 1 atom stereocenters. The number of ether oxygens (including phenoxy) is 2. The number of anilines is 2. The van der Waals surface area contributed by atoms with Gasteiger partial charge in [0.25, 0.3) is 5.91 Å². The molecular weight excluding hydrogens is 620 g/mol. The number of carbonyl (C=O) groups is 1. The Bertz CT molecular complexity index is 1610. The van der Waals surface area contributed by atoms with Crippen LogP contribution in [0.4, 0.5) is 37.8 Å². The summed E-state index contributed by atoms with van der Waals surface area (Å²) in [6, 6.07) is 1.52. The van der Waals surface area contributed by atoms with Gasteiger partial charge in [-0.1, -0.05) is 11.6 Å². The van der Waals surface area contributed by atoms with E-state index in [2.05, 4.69) is 15.1 Å². The number of hydrogen-bond acceptors (Lipinski definition) is 8. The molecule has 17 heteroatoms. The molecule has 1 saturated heterocycles. The van der Waals surface area contributed by atoms with Crippen molar-refractivity contribution in [2.45, 2.75) is 51.2 Å². The van der Waals surface area contributed by atoms with Crippen molar-refractivity contribution in [2.75, 3.05) is 37.4 Å². The number of aryl methyl sites for hydroxylation is 1. The molecule has 3 aliphatic heterocycles. The molecule has 1 fully saturated rings. The first-order chi connectivity index (χ1) is 20.9. The van der Waals surface area contributed by atoms with Gasteiger partial charge in [-0.2, -0.15) is 28.2 Å². The zero-order valence-electron chi connectivity index (χ0n) is 23.2. The molecule has 0 spiro atoms. The minimum atomic E-state index is -4.85. The van der Waals surface area contributed by atoms with Crippen molar-refractivity contribution in [1.82, 2.24) is 24.6 Å². The second-order valence-electron chi connectivity index (χ2n) is 10.8. The number of nitrogen functional groups attached to an aromatic ring is 1. The third-order valence-electron chi connectivity index (χ3n) is 8.07. The molecule has 2 aromatic heterocycles. The molecule has 10 nitrogen and oxygen atoms in total. The van der Waals surface area contributed by atoms with Crippen LogP contribution >= 0.6 is 11.6 Å². The van der Waals surface area contributed by atoms with Crippen LogP contribution in [0.2, 0.25) is 5.02 Å². The molecule has 0 saturated carbocycles. The lowest BCUT2D eigenvalue weighted by Crippen LogP contribution is -2.52. The van der Waals surface area contributed by atoms with E-state index in [4.69, 9.17) is 26.8 Å². The molecule has 3 aromatic rings. The predicted molar refractivity (Wildman–Crippen MR) is 144 cm³/mol. The summed E-state index contributed by atoms with van der Waals surface area (Å²) in [6.07, 6.45) is -8.38. The van der Waals surface area contributed by atoms with Gasteiger partial charge in [-0.15, -0.1) is 0 Å². The largest absolute Gasteiger partial charge is 0.467 e. The van der Waals surface area contributed by atoms with Gasteiger partial charge >= 0.3 is 12.2 Å². The van der Waals surface area contributed by atoms with E-state index in [1.54, 1.807) is 4.68 Å². The Hall–Kier alpha value is -3.79. The topological polar surface area (TPSA) is 112 Å². The number of aromatic nitrogens is 4. The van der Waals surface area contributed by atoms with Crippen molar-refractivity contribution in [3.05, 3.63) is 56.7 Å². The van der Waals surface area contributed by atoms with Crippen LogP contribution in [0, 0.1) is 11.7 Å². The van der Waals surface area contributed by atoms with Gasteiger partial charge in [-0.25, -0.2) is 13.2 Å². The molecule has 6 rings (SSSR count). The Morgan fingerprint density at radius 1 is 1.20 bits per heavy atom. The first-order valence-electron chi connectivity index (χ1n) is 13.6. The number of hydrogen-bond donors (Lipinski definition) is 1. The number of fused-ring (bicyclic) bond motifs is 2. The first kappa shape index (κ1) is 30.2. The van der Waals surface area contributed by atoms with Crippen LogP contribution < -0.4 is 15.4 Å². The summed E-state index contributed by atoms with van der Waals surface area (Å²) in [5.41, 5.74) is 4.52. The highest BCUT2D eigenvalue weighted by Gasteiger charge is 2.41.